The molecule has 0 amide bonds. The highest BCUT2D eigenvalue weighted by Gasteiger charge is 2.16. The fourth-order valence-electron chi connectivity index (χ4n) is 1.71. The first-order chi connectivity index (χ1) is 9.28. The molecule has 0 atom stereocenters. The van der Waals surface area contributed by atoms with Crippen molar-refractivity contribution in [1.82, 2.24) is 0 Å². The first kappa shape index (κ1) is 15.4. The van der Waals surface area contributed by atoms with Gasteiger partial charge in [0.25, 0.3) is 10.0 Å². The number of hydrogen-bond acceptors (Lipinski definition) is 3. The van der Waals surface area contributed by atoms with Gasteiger partial charge in [-0.15, -0.1) is 0 Å². The summed E-state index contributed by atoms with van der Waals surface area (Å²) in [5, 5.41) is 0.553. The Morgan fingerprint density at radius 1 is 1.20 bits per heavy atom. The van der Waals surface area contributed by atoms with E-state index in [9.17, 15) is 8.42 Å². The molecule has 0 aliphatic heterocycles. The summed E-state index contributed by atoms with van der Waals surface area (Å²) in [7, 11) is -3.67. The molecule has 0 fully saturated rings. The molecule has 0 spiro atoms. The van der Waals surface area contributed by atoms with Gasteiger partial charge in [-0.05, 0) is 71.5 Å². The van der Waals surface area contributed by atoms with Crippen LogP contribution in [0.3, 0.4) is 0 Å². The van der Waals surface area contributed by atoms with Gasteiger partial charge in [-0.25, -0.2) is 8.42 Å². The van der Waals surface area contributed by atoms with Crippen LogP contribution >= 0.6 is 34.2 Å². The molecule has 4 nitrogen and oxygen atoms in total. The lowest BCUT2D eigenvalue weighted by Gasteiger charge is -2.11. The molecule has 0 radical (unpaired) electrons. The van der Waals surface area contributed by atoms with Gasteiger partial charge in [0, 0.05) is 14.3 Å². The Morgan fingerprint density at radius 2 is 1.90 bits per heavy atom. The number of nitrogens with two attached hydrogens (primary N) is 1. The fraction of sp³-hybridized carbons (Fsp3) is 0.0769. The Bertz CT molecular complexity index is 743. The highest BCUT2D eigenvalue weighted by molar-refractivity contribution is 14.1. The predicted octanol–water partition coefficient (Wildman–Crippen LogP) is 3.64. The van der Waals surface area contributed by atoms with Crippen LogP contribution in [0.15, 0.2) is 41.3 Å². The lowest BCUT2D eigenvalue weighted by atomic mass is 10.2. The van der Waals surface area contributed by atoms with Crippen LogP contribution in [0.25, 0.3) is 0 Å². The van der Waals surface area contributed by atoms with Crippen molar-refractivity contribution in [3.05, 3.63) is 50.6 Å². The Hall–Kier alpha value is -0.990. The van der Waals surface area contributed by atoms with Crippen molar-refractivity contribution in [2.24, 2.45) is 0 Å². The van der Waals surface area contributed by atoms with Crippen LogP contribution < -0.4 is 10.5 Å². The van der Waals surface area contributed by atoms with E-state index in [0.29, 0.717) is 16.4 Å². The van der Waals surface area contributed by atoms with Crippen LogP contribution in [0.1, 0.15) is 5.56 Å². The normalized spacial score (nSPS) is 11.3. The summed E-state index contributed by atoms with van der Waals surface area (Å²) in [6.45, 7) is 1.79. The maximum Gasteiger partial charge on any atom is 0.262 e. The smallest absolute Gasteiger partial charge is 0.262 e. The Labute approximate surface area is 136 Å². The van der Waals surface area contributed by atoms with Crippen molar-refractivity contribution in [3.63, 3.8) is 0 Å². The standard InChI is InChI=1S/C13H12ClIN2O2S/c1-8-4-10(16)7-11(5-8)20(18,19)17-13-3-2-9(14)6-12(13)15/h2-7,17H,16H2,1H3. The molecule has 2 rings (SSSR count). The minimum atomic E-state index is -3.67. The molecule has 0 unspecified atom stereocenters. The molecule has 0 saturated carbocycles. The molecule has 20 heavy (non-hydrogen) atoms. The molecule has 106 valence electrons. The number of halogens is 2. The second-order valence-corrected chi connectivity index (χ2v) is 7.59. The highest BCUT2D eigenvalue weighted by Crippen LogP contribution is 2.25. The molecule has 3 N–H and O–H groups in total. The SMILES string of the molecule is Cc1cc(N)cc(S(=O)(=O)Nc2ccc(Cl)cc2I)c1. The minimum Gasteiger partial charge on any atom is -0.399 e. The molecular formula is C13H12ClIN2O2S. The zero-order chi connectivity index (χ0) is 14.9. The number of anilines is 2. The van der Waals surface area contributed by atoms with Crippen LogP contribution in [-0.4, -0.2) is 8.42 Å². The fourth-order valence-corrected chi connectivity index (χ4v) is 4.11. The summed E-state index contributed by atoms with van der Waals surface area (Å²) < 4.78 is 27.9. The van der Waals surface area contributed by atoms with Crippen molar-refractivity contribution >= 4 is 55.6 Å². The Balaban J connectivity index is 2.40. The first-order valence-electron chi connectivity index (χ1n) is 5.63. The van der Waals surface area contributed by atoms with E-state index in [0.717, 1.165) is 9.13 Å². The van der Waals surface area contributed by atoms with Crippen LogP contribution in [0.2, 0.25) is 5.02 Å². The summed E-state index contributed by atoms with van der Waals surface area (Å²) in [5.41, 5.74) is 7.37. The number of sulfonamides is 1. The summed E-state index contributed by atoms with van der Waals surface area (Å²) in [5.74, 6) is 0. The van der Waals surface area contributed by atoms with Crippen molar-refractivity contribution < 1.29 is 8.42 Å². The van der Waals surface area contributed by atoms with Crippen molar-refractivity contribution in [3.8, 4) is 0 Å². The molecule has 0 aromatic heterocycles. The summed E-state index contributed by atoms with van der Waals surface area (Å²) >= 11 is 7.87. The van der Waals surface area contributed by atoms with Crippen molar-refractivity contribution in [2.75, 3.05) is 10.5 Å². The van der Waals surface area contributed by atoms with Gasteiger partial charge in [0.15, 0.2) is 0 Å². The van der Waals surface area contributed by atoms with Crippen molar-refractivity contribution in [1.29, 1.82) is 0 Å². The second kappa shape index (κ2) is 5.79. The van der Waals surface area contributed by atoms with E-state index in [2.05, 4.69) is 4.72 Å². The van der Waals surface area contributed by atoms with E-state index in [1.807, 2.05) is 22.6 Å². The van der Waals surface area contributed by atoms with E-state index in [-0.39, 0.29) is 4.90 Å². The minimum absolute atomic E-state index is 0.140. The number of aryl methyl sites for hydroxylation is 1. The van der Waals surface area contributed by atoms with Gasteiger partial charge in [0.2, 0.25) is 0 Å². The summed E-state index contributed by atoms with van der Waals surface area (Å²) in [6, 6.07) is 9.65. The van der Waals surface area contributed by atoms with Crippen molar-refractivity contribution in [2.45, 2.75) is 11.8 Å². The molecule has 0 aliphatic carbocycles. The topological polar surface area (TPSA) is 72.2 Å². The second-order valence-electron chi connectivity index (χ2n) is 4.31. The van der Waals surface area contributed by atoms with E-state index in [1.54, 1.807) is 37.3 Å². The lowest BCUT2D eigenvalue weighted by molar-refractivity contribution is 0.601. The molecule has 0 saturated heterocycles. The lowest BCUT2D eigenvalue weighted by Crippen LogP contribution is -2.14. The van der Waals surface area contributed by atoms with Crippen LogP contribution in [0, 0.1) is 10.5 Å². The van der Waals surface area contributed by atoms with E-state index < -0.39 is 10.0 Å². The maximum atomic E-state index is 12.3. The van der Waals surface area contributed by atoms with Gasteiger partial charge in [0.05, 0.1) is 10.6 Å². The molecular weight excluding hydrogens is 411 g/mol. The number of rotatable bonds is 3. The average molecular weight is 423 g/mol. The number of nitrogens with one attached hydrogen (secondary N) is 1. The average Bonchev–Trinajstić information content (AvgIpc) is 2.31. The van der Waals surface area contributed by atoms with E-state index in [1.165, 1.54) is 6.07 Å². The van der Waals surface area contributed by atoms with Gasteiger partial charge in [0.1, 0.15) is 0 Å². The zero-order valence-electron chi connectivity index (χ0n) is 10.5. The van der Waals surface area contributed by atoms with Crippen LogP contribution in [0.5, 0.6) is 0 Å². The largest absolute Gasteiger partial charge is 0.399 e. The summed E-state index contributed by atoms with van der Waals surface area (Å²) in [4.78, 5) is 0.140. The van der Waals surface area contributed by atoms with Gasteiger partial charge >= 0.3 is 0 Å². The Kier molecular flexibility index (Phi) is 4.46. The van der Waals surface area contributed by atoms with Gasteiger partial charge < -0.3 is 5.73 Å². The summed E-state index contributed by atoms with van der Waals surface area (Å²) in [6.07, 6.45) is 0. The molecule has 2 aromatic carbocycles. The van der Waals surface area contributed by atoms with Gasteiger partial charge in [-0.3, -0.25) is 4.72 Å². The van der Waals surface area contributed by atoms with E-state index >= 15 is 0 Å². The third-order valence-electron chi connectivity index (χ3n) is 2.56. The monoisotopic (exact) mass is 422 g/mol. The molecule has 2 aromatic rings. The number of benzene rings is 2. The molecule has 0 bridgehead atoms. The number of hydrogen-bond donors (Lipinski definition) is 2. The molecule has 7 heteroatoms. The van der Waals surface area contributed by atoms with E-state index in [4.69, 9.17) is 17.3 Å². The third-order valence-corrected chi connectivity index (χ3v) is 5.03. The third kappa shape index (κ3) is 3.56. The molecule has 0 aliphatic rings. The Morgan fingerprint density at radius 3 is 2.50 bits per heavy atom. The predicted molar refractivity (Wildman–Crippen MR) is 90.6 cm³/mol. The number of nitrogen functional groups attached to an aromatic ring is 1. The van der Waals surface area contributed by atoms with Gasteiger partial charge in [-0.2, -0.15) is 0 Å². The quantitative estimate of drug-likeness (QED) is 0.586. The maximum absolute atomic E-state index is 12.3. The zero-order valence-corrected chi connectivity index (χ0v) is 14.3. The van der Waals surface area contributed by atoms with Crippen LogP contribution in [-0.2, 0) is 10.0 Å². The first-order valence-corrected chi connectivity index (χ1v) is 8.57. The van der Waals surface area contributed by atoms with Gasteiger partial charge in [-0.1, -0.05) is 11.6 Å². The molecule has 0 heterocycles. The van der Waals surface area contributed by atoms with Crippen LogP contribution in [0.4, 0.5) is 11.4 Å². The highest BCUT2D eigenvalue weighted by atomic mass is 127.